The highest BCUT2D eigenvalue weighted by Gasteiger charge is 2.42. The topological polar surface area (TPSA) is 15.3 Å². The molecule has 0 aromatic rings. The molecule has 0 unspecified atom stereocenters. The van der Waals surface area contributed by atoms with Gasteiger partial charge in [0.2, 0.25) is 0 Å². The number of nitrogens with one attached hydrogen (secondary N) is 1. The first kappa shape index (κ1) is 13.9. The minimum absolute atomic E-state index is 0.542. The van der Waals surface area contributed by atoms with Crippen LogP contribution in [0.2, 0.25) is 0 Å². The molecule has 0 atom stereocenters. The third-order valence-electron chi connectivity index (χ3n) is 5.89. The summed E-state index contributed by atoms with van der Waals surface area (Å²) in [4.78, 5) is 2.98. The minimum Gasteiger partial charge on any atom is -0.314 e. The van der Waals surface area contributed by atoms with E-state index in [0.29, 0.717) is 5.54 Å². The van der Waals surface area contributed by atoms with Crippen molar-refractivity contribution < 1.29 is 0 Å². The SMILES string of the molecule is C1CCCC(N2CCNCC23CCCCC3)CCC1. The van der Waals surface area contributed by atoms with Gasteiger partial charge in [-0.2, -0.15) is 0 Å². The van der Waals surface area contributed by atoms with Gasteiger partial charge < -0.3 is 5.32 Å². The van der Waals surface area contributed by atoms with E-state index in [4.69, 9.17) is 0 Å². The summed E-state index contributed by atoms with van der Waals surface area (Å²) in [7, 11) is 0. The molecule has 1 aliphatic heterocycles. The third-order valence-corrected chi connectivity index (χ3v) is 5.89. The average molecular weight is 264 g/mol. The van der Waals surface area contributed by atoms with Crippen molar-refractivity contribution in [1.29, 1.82) is 0 Å². The molecule has 1 saturated heterocycles. The smallest absolute Gasteiger partial charge is 0.0337 e. The van der Waals surface area contributed by atoms with Gasteiger partial charge in [-0.25, -0.2) is 0 Å². The molecule has 110 valence electrons. The summed E-state index contributed by atoms with van der Waals surface area (Å²) in [6.07, 6.45) is 17.7. The van der Waals surface area contributed by atoms with Gasteiger partial charge in [-0.05, 0) is 25.7 Å². The van der Waals surface area contributed by atoms with Gasteiger partial charge in [-0.3, -0.25) is 4.90 Å². The van der Waals surface area contributed by atoms with Crippen molar-refractivity contribution >= 4 is 0 Å². The van der Waals surface area contributed by atoms with E-state index in [9.17, 15) is 0 Å². The van der Waals surface area contributed by atoms with Crippen LogP contribution in [-0.2, 0) is 0 Å². The predicted octanol–water partition coefficient (Wildman–Crippen LogP) is 3.71. The van der Waals surface area contributed by atoms with Crippen LogP contribution in [0.3, 0.4) is 0 Å². The summed E-state index contributed by atoms with van der Waals surface area (Å²) in [5.74, 6) is 0. The highest BCUT2D eigenvalue weighted by atomic mass is 15.3. The first-order valence-corrected chi connectivity index (χ1v) is 8.88. The molecular formula is C17H32N2. The van der Waals surface area contributed by atoms with Crippen LogP contribution < -0.4 is 5.32 Å². The molecule has 0 aromatic carbocycles. The molecule has 2 aliphatic carbocycles. The predicted molar refractivity (Wildman–Crippen MR) is 81.5 cm³/mol. The molecule has 1 N–H and O–H groups in total. The Balaban J connectivity index is 1.70. The van der Waals surface area contributed by atoms with Gasteiger partial charge in [0, 0.05) is 31.2 Å². The van der Waals surface area contributed by atoms with Crippen molar-refractivity contribution in [2.24, 2.45) is 0 Å². The monoisotopic (exact) mass is 264 g/mol. The van der Waals surface area contributed by atoms with Crippen molar-refractivity contribution in [2.45, 2.75) is 88.6 Å². The van der Waals surface area contributed by atoms with Crippen LogP contribution in [0.4, 0.5) is 0 Å². The number of piperazine rings is 1. The molecule has 19 heavy (non-hydrogen) atoms. The van der Waals surface area contributed by atoms with Crippen molar-refractivity contribution in [1.82, 2.24) is 10.2 Å². The maximum Gasteiger partial charge on any atom is 0.0337 e. The zero-order valence-corrected chi connectivity index (χ0v) is 12.6. The molecular weight excluding hydrogens is 232 g/mol. The fourth-order valence-corrected chi connectivity index (χ4v) is 4.85. The zero-order chi connectivity index (χ0) is 13.0. The lowest BCUT2D eigenvalue weighted by molar-refractivity contribution is -0.0152. The second-order valence-electron chi connectivity index (χ2n) is 7.15. The first-order valence-electron chi connectivity index (χ1n) is 8.88. The molecule has 2 saturated carbocycles. The summed E-state index contributed by atoms with van der Waals surface area (Å²) < 4.78 is 0. The van der Waals surface area contributed by atoms with Crippen LogP contribution in [0, 0.1) is 0 Å². The second kappa shape index (κ2) is 6.58. The van der Waals surface area contributed by atoms with Gasteiger partial charge in [-0.1, -0.05) is 51.4 Å². The van der Waals surface area contributed by atoms with Crippen molar-refractivity contribution in [2.75, 3.05) is 19.6 Å². The van der Waals surface area contributed by atoms with Gasteiger partial charge in [0.15, 0.2) is 0 Å². The summed E-state index contributed by atoms with van der Waals surface area (Å²) in [5, 5.41) is 3.70. The van der Waals surface area contributed by atoms with E-state index in [2.05, 4.69) is 10.2 Å². The highest BCUT2D eigenvalue weighted by Crippen LogP contribution is 2.38. The summed E-state index contributed by atoms with van der Waals surface area (Å²) in [5.41, 5.74) is 0.542. The summed E-state index contributed by atoms with van der Waals surface area (Å²) in [6, 6.07) is 0.903. The van der Waals surface area contributed by atoms with Crippen molar-refractivity contribution in [3.05, 3.63) is 0 Å². The van der Waals surface area contributed by atoms with E-state index in [1.807, 2.05) is 0 Å². The number of hydrogen-bond donors (Lipinski definition) is 1. The first-order chi connectivity index (χ1) is 9.41. The van der Waals surface area contributed by atoms with Gasteiger partial charge in [-0.15, -0.1) is 0 Å². The van der Waals surface area contributed by atoms with Crippen LogP contribution in [-0.4, -0.2) is 36.1 Å². The van der Waals surface area contributed by atoms with E-state index in [0.717, 1.165) is 6.04 Å². The van der Waals surface area contributed by atoms with Crippen LogP contribution in [0.5, 0.6) is 0 Å². The second-order valence-corrected chi connectivity index (χ2v) is 7.15. The fourth-order valence-electron chi connectivity index (χ4n) is 4.85. The standard InChI is InChI=1S/C17H32N2/c1-2-5-9-16(10-6-3-1)19-14-13-18-15-17(19)11-7-4-8-12-17/h16,18H,1-15H2. The lowest BCUT2D eigenvalue weighted by atomic mass is 9.77. The van der Waals surface area contributed by atoms with Gasteiger partial charge in [0.25, 0.3) is 0 Å². The summed E-state index contributed by atoms with van der Waals surface area (Å²) >= 11 is 0. The molecule has 3 fully saturated rings. The lowest BCUT2D eigenvalue weighted by Crippen LogP contribution is -2.64. The minimum atomic E-state index is 0.542. The summed E-state index contributed by atoms with van der Waals surface area (Å²) in [6.45, 7) is 3.80. The maximum atomic E-state index is 3.70. The lowest BCUT2D eigenvalue weighted by Gasteiger charge is -2.53. The van der Waals surface area contributed by atoms with Gasteiger partial charge >= 0.3 is 0 Å². The van der Waals surface area contributed by atoms with E-state index in [-0.39, 0.29) is 0 Å². The van der Waals surface area contributed by atoms with Crippen molar-refractivity contribution in [3.8, 4) is 0 Å². The quantitative estimate of drug-likeness (QED) is 0.777. The molecule has 0 bridgehead atoms. The molecule has 2 heteroatoms. The van der Waals surface area contributed by atoms with Crippen molar-refractivity contribution in [3.63, 3.8) is 0 Å². The Bertz CT molecular complexity index is 254. The molecule has 0 aromatic heterocycles. The zero-order valence-electron chi connectivity index (χ0n) is 12.6. The van der Waals surface area contributed by atoms with Crippen LogP contribution in [0.25, 0.3) is 0 Å². The Morgan fingerprint density at radius 1 is 0.789 bits per heavy atom. The largest absolute Gasteiger partial charge is 0.314 e. The number of nitrogens with zero attached hydrogens (tertiary/aromatic N) is 1. The Labute approximate surface area is 119 Å². The molecule has 0 radical (unpaired) electrons. The molecule has 3 rings (SSSR count). The third kappa shape index (κ3) is 3.16. The molecule has 1 heterocycles. The van der Waals surface area contributed by atoms with Crippen LogP contribution >= 0.6 is 0 Å². The van der Waals surface area contributed by atoms with E-state index in [1.54, 1.807) is 0 Å². The molecule has 3 aliphatic rings. The molecule has 2 nitrogen and oxygen atoms in total. The van der Waals surface area contributed by atoms with E-state index >= 15 is 0 Å². The Kier molecular flexibility index (Phi) is 4.81. The number of rotatable bonds is 1. The van der Waals surface area contributed by atoms with Gasteiger partial charge in [0.05, 0.1) is 0 Å². The van der Waals surface area contributed by atoms with Gasteiger partial charge in [0.1, 0.15) is 0 Å². The highest BCUT2D eigenvalue weighted by molar-refractivity contribution is 5.00. The Morgan fingerprint density at radius 3 is 2.16 bits per heavy atom. The van der Waals surface area contributed by atoms with E-state index in [1.165, 1.54) is 96.7 Å². The Hall–Kier alpha value is -0.0800. The fraction of sp³-hybridized carbons (Fsp3) is 1.00. The maximum absolute atomic E-state index is 3.70. The normalized spacial score (nSPS) is 30.9. The van der Waals surface area contributed by atoms with Crippen LogP contribution in [0.1, 0.15) is 77.0 Å². The molecule has 0 amide bonds. The van der Waals surface area contributed by atoms with E-state index < -0.39 is 0 Å². The average Bonchev–Trinajstić information content (AvgIpc) is 2.41. The Morgan fingerprint density at radius 2 is 1.42 bits per heavy atom. The molecule has 1 spiro atoms. The number of hydrogen-bond acceptors (Lipinski definition) is 2. The van der Waals surface area contributed by atoms with Crippen LogP contribution in [0.15, 0.2) is 0 Å².